The molecular weight excluding hydrogens is 380 g/mol. The van der Waals surface area contributed by atoms with Gasteiger partial charge in [0.05, 0.1) is 18.2 Å². The van der Waals surface area contributed by atoms with Gasteiger partial charge in [-0.3, -0.25) is 4.90 Å². The van der Waals surface area contributed by atoms with Crippen LogP contribution in [-0.4, -0.2) is 67.7 Å². The second-order valence-electron chi connectivity index (χ2n) is 6.88. The molecule has 2 heterocycles. The minimum Gasteiger partial charge on any atom is -0.463 e. The van der Waals surface area contributed by atoms with Crippen molar-refractivity contribution in [1.29, 1.82) is 0 Å². The number of nitrogens with zero attached hydrogens (tertiary/aromatic N) is 2. The summed E-state index contributed by atoms with van der Waals surface area (Å²) in [5.41, 5.74) is 1.67. The molecule has 1 aromatic rings. The Bertz CT molecular complexity index is 760. The zero-order valence-corrected chi connectivity index (χ0v) is 17.1. The Kier molecular flexibility index (Phi) is 6.93. The molecule has 7 nitrogen and oxygen atoms in total. The number of benzene rings is 1. The van der Waals surface area contributed by atoms with E-state index >= 15 is 0 Å². The highest BCUT2D eigenvalue weighted by Gasteiger charge is 2.35. The SMILES string of the molecule is CCOC(=O)C1=C(CN2CCN(CC)CC2)NC(=O)NC1c1ccccc1Cl. The minimum absolute atomic E-state index is 0.258. The number of amides is 2. The molecule has 0 spiro atoms. The molecule has 0 radical (unpaired) electrons. The quantitative estimate of drug-likeness (QED) is 0.708. The summed E-state index contributed by atoms with van der Waals surface area (Å²) in [6, 6.07) is 6.22. The zero-order chi connectivity index (χ0) is 20.1. The third kappa shape index (κ3) is 4.66. The second kappa shape index (κ2) is 9.41. The van der Waals surface area contributed by atoms with Gasteiger partial charge in [0.25, 0.3) is 0 Å². The minimum atomic E-state index is -0.645. The van der Waals surface area contributed by atoms with Gasteiger partial charge in [-0.15, -0.1) is 0 Å². The van der Waals surface area contributed by atoms with Gasteiger partial charge in [-0.25, -0.2) is 9.59 Å². The lowest BCUT2D eigenvalue weighted by Crippen LogP contribution is -2.51. The number of rotatable bonds is 6. The highest BCUT2D eigenvalue weighted by Crippen LogP contribution is 2.32. The van der Waals surface area contributed by atoms with Crippen LogP contribution >= 0.6 is 11.6 Å². The number of carbonyl (C=O) groups is 2. The number of halogens is 1. The van der Waals surface area contributed by atoms with Crippen molar-refractivity contribution in [2.75, 3.05) is 45.9 Å². The highest BCUT2D eigenvalue weighted by molar-refractivity contribution is 6.31. The summed E-state index contributed by atoms with van der Waals surface area (Å²) >= 11 is 6.36. The van der Waals surface area contributed by atoms with Gasteiger partial charge in [-0.05, 0) is 25.1 Å². The molecule has 1 atom stereocenters. The normalized spacial score (nSPS) is 21.2. The summed E-state index contributed by atoms with van der Waals surface area (Å²) in [6.45, 7) is 9.39. The van der Waals surface area contributed by atoms with Crippen LogP contribution in [0, 0.1) is 0 Å². The number of esters is 1. The van der Waals surface area contributed by atoms with E-state index in [1.165, 1.54) is 0 Å². The van der Waals surface area contributed by atoms with Crippen LogP contribution in [0.1, 0.15) is 25.5 Å². The molecule has 8 heteroatoms. The van der Waals surface area contributed by atoms with E-state index in [2.05, 4.69) is 27.4 Å². The van der Waals surface area contributed by atoms with Crippen molar-refractivity contribution in [1.82, 2.24) is 20.4 Å². The Morgan fingerprint density at radius 3 is 2.50 bits per heavy atom. The van der Waals surface area contributed by atoms with Crippen molar-refractivity contribution >= 4 is 23.6 Å². The first-order valence-corrected chi connectivity index (χ1v) is 10.1. The maximum atomic E-state index is 12.8. The third-order valence-electron chi connectivity index (χ3n) is 5.16. The van der Waals surface area contributed by atoms with Crippen LogP contribution in [0.3, 0.4) is 0 Å². The molecule has 0 saturated carbocycles. The Labute approximate surface area is 170 Å². The van der Waals surface area contributed by atoms with Crippen molar-refractivity contribution in [3.8, 4) is 0 Å². The molecular formula is C20H27ClN4O3. The number of urea groups is 1. The molecule has 152 valence electrons. The molecule has 2 N–H and O–H groups in total. The van der Waals surface area contributed by atoms with E-state index in [1.807, 2.05) is 18.2 Å². The number of hydrogen-bond acceptors (Lipinski definition) is 5. The van der Waals surface area contributed by atoms with Gasteiger partial charge in [0.15, 0.2) is 0 Å². The van der Waals surface area contributed by atoms with Crippen molar-refractivity contribution in [3.63, 3.8) is 0 Å². The lowest BCUT2D eigenvalue weighted by molar-refractivity contribution is -0.139. The molecule has 1 saturated heterocycles. The van der Waals surface area contributed by atoms with Crippen molar-refractivity contribution in [2.24, 2.45) is 0 Å². The van der Waals surface area contributed by atoms with Gasteiger partial charge in [-0.1, -0.05) is 36.7 Å². The van der Waals surface area contributed by atoms with E-state index in [-0.39, 0.29) is 12.6 Å². The van der Waals surface area contributed by atoms with Crippen LogP contribution in [0.2, 0.25) is 5.02 Å². The Hall–Kier alpha value is -2.09. The molecule has 2 aliphatic rings. The molecule has 0 aromatic heterocycles. The van der Waals surface area contributed by atoms with E-state index in [1.54, 1.807) is 13.0 Å². The fourth-order valence-electron chi connectivity index (χ4n) is 3.62. The first-order valence-electron chi connectivity index (χ1n) is 9.70. The van der Waals surface area contributed by atoms with E-state index in [9.17, 15) is 9.59 Å². The average Bonchev–Trinajstić information content (AvgIpc) is 2.68. The molecule has 1 fully saturated rings. The van der Waals surface area contributed by atoms with Crippen LogP contribution in [0.25, 0.3) is 0 Å². The third-order valence-corrected chi connectivity index (χ3v) is 5.50. The highest BCUT2D eigenvalue weighted by atomic mass is 35.5. The number of hydrogen-bond donors (Lipinski definition) is 2. The van der Waals surface area contributed by atoms with Crippen LogP contribution in [0.4, 0.5) is 4.79 Å². The largest absolute Gasteiger partial charge is 0.463 e. The topological polar surface area (TPSA) is 73.9 Å². The maximum Gasteiger partial charge on any atom is 0.338 e. The number of ether oxygens (including phenoxy) is 1. The average molecular weight is 407 g/mol. The molecule has 1 unspecified atom stereocenters. The van der Waals surface area contributed by atoms with Crippen LogP contribution in [-0.2, 0) is 9.53 Å². The van der Waals surface area contributed by atoms with Crippen LogP contribution in [0.5, 0.6) is 0 Å². The standard InChI is InChI=1S/C20H27ClN4O3/c1-3-24-9-11-25(12-10-24)13-16-17(19(26)28-4-2)18(23-20(27)22-16)14-7-5-6-8-15(14)21/h5-8,18H,3-4,9-13H2,1-2H3,(H2,22,23,27). The van der Waals surface area contributed by atoms with Crippen molar-refractivity contribution in [3.05, 3.63) is 46.1 Å². The number of nitrogens with one attached hydrogen (secondary N) is 2. The predicted molar refractivity (Wildman–Crippen MR) is 108 cm³/mol. The number of carbonyl (C=O) groups excluding carboxylic acids is 2. The van der Waals surface area contributed by atoms with Gasteiger partial charge in [-0.2, -0.15) is 0 Å². The van der Waals surface area contributed by atoms with Crippen molar-refractivity contribution < 1.29 is 14.3 Å². The predicted octanol–water partition coefficient (Wildman–Crippen LogP) is 2.15. The first kappa shape index (κ1) is 20.6. The zero-order valence-electron chi connectivity index (χ0n) is 16.3. The first-order chi connectivity index (χ1) is 13.5. The maximum absolute atomic E-state index is 12.8. The van der Waals surface area contributed by atoms with Gasteiger partial charge in [0.2, 0.25) is 0 Å². The summed E-state index contributed by atoms with van der Waals surface area (Å²) in [7, 11) is 0. The molecule has 2 aliphatic heterocycles. The van der Waals surface area contributed by atoms with E-state index < -0.39 is 12.0 Å². The summed E-state index contributed by atoms with van der Waals surface area (Å²) in [4.78, 5) is 29.8. The van der Waals surface area contributed by atoms with E-state index in [0.29, 0.717) is 28.4 Å². The summed E-state index contributed by atoms with van der Waals surface area (Å²) < 4.78 is 5.30. The smallest absolute Gasteiger partial charge is 0.338 e. The van der Waals surface area contributed by atoms with Crippen LogP contribution < -0.4 is 10.6 Å². The van der Waals surface area contributed by atoms with Gasteiger partial charge < -0.3 is 20.3 Å². The molecule has 1 aromatic carbocycles. The Morgan fingerprint density at radius 1 is 1.18 bits per heavy atom. The fraction of sp³-hybridized carbons (Fsp3) is 0.500. The molecule has 3 rings (SSSR count). The summed E-state index contributed by atoms with van der Waals surface area (Å²) in [5, 5.41) is 6.15. The second-order valence-corrected chi connectivity index (χ2v) is 7.28. The van der Waals surface area contributed by atoms with E-state index in [4.69, 9.17) is 16.3 Å². The molecule has 2 amide bonds. The van der Waals surface area contributed by atoms with Crippen molar-refractivity contribution in [2.45, 2.75) is 19.9 Å². The van der Waals surface area contributed by atoms with Gasteiger partial charge >= 0.3 is 12.0 Å². The molecule has 0 aliphatic carbocycles. The molecule has 28 heavy (non-hydrogen) atoms. The lowest BCUT2D eigenvalue weighted by Gasteiger charge is -2.36. The number of likely N-dealkylation sites (N-methyl/N-ethyl adjacent to an activating group) is 1. The number of piperazine rings is 1. The fourth-order valence-corrected chi connectivity index (χ4v) is 3.87. The van der Waals surface area contributed by atoms with E-state index in [0.717, 1.165) is 32.7 Å². The molecule has 0 bridgehead atoms. The Balaban J connectivity index is 1.93. The lowest BCUT2D eigenvalue weighted by atomic mass is 9.95. The van der Waals surface area contributed by atoms with Gasteiger partial charge in [0, 0.05) is 43.4 Å². The monoisotopic (exact) mass is 406 g/mol. The van der Waals surface area contributed by atoms with Crippen LogP contribution in [0.15, 0.2) is 35.5 Å². The summed E-state index contributed by atoms with van der Waals surface area (Å²) in [6.07, 6.45) is 0. The Morgan fingerprint density at radius 2 is 1.86 bits per heavy atom. The summed E-state index contributed by atoms with van der Waals surface area (Å²) in [5.74, 6) is -0.442. The van der Waals surface area contributed by atoms with Gasteiger partial charge in [0.1, 0.15) is 0 Å².